The van der Waals surface area contributed by atoms with Crippen LogP contribution in [0, 0.1) is 13.8 Å². The topological polar surface area (TPSA) is 38.9 Å². The van der Waals surface area contributed by atoms with E-state index in [1.807, 2.05) is 45.0 Å². The van der Waals surface area contributed by atoms with Gasteiger partial charge in [-0.3, -0.25) is 0 Å². The lowest BCUT2D eigenvalue weighted by Crippen LogP contribution is -1.81. The van der Waals surface area contributed by atoms with Crippen molar-refractivity contribution in [2.75, 3.05) is 0 Å². The summed E-state index contributed by atoms with van der Waals surface area (Å²) >= 11 is 0. The molecule has 1 heterocycles. The third kappa shape index (κ3) is 2.65. The zero-order valence-electron chi connectivity index (χ0n) is 9.61. The van der Waals surface area contributed by atoms with Gasteiger partial charge in [-0.05, 0) is 18.6 Å². The molecule has 1 aromatic heterocycles. The Morgan fingerprint density at radius 2 is 1.67 bits per heavy atom. The van der Waals surface area contributed by atoms with Crippen LogP contribution in [0.4, 0.5) is 0 Å². The van der Waals surface area contributed by atoms with Crippen molar-refractivity contribution in [3.05, 3.63) is 35.7 Å². The molecular formula is C12H16N2O. The van der Waals surface area contributed by atoms with Crippen molar-refractivity contribution in [1.29, 1.82) is 0 Å². The smallest absolute Gasteiger partial charge is 0.247 e. The first-order chi connectivity index (χ1) is 7.27. The summed E-state index contributed by atoms with van der Waals surface area (Å²) in [4.78, 5) is 0. The highest BCUT2D eigenvalue weighted by Crippen LogP contribution is 2.20. The average Bonchev–Trinajstić information content (AvgIpc) is 2.68. The van der Waals surface area contributed by atoms with E-state index in [0.717, 1.165) is 11.1 Å². The van der Waals surface area contributed by atoms with E-state index in [4.69, 9.17) is 4.42 Å². The Balaban J connectivity index is 0.000000531. The minimum Gasteiger partial charge on any atom is -0.421 e. The maximum absolute atomic E-state index is 5.33. The molecule has 0 aliphatic carbocycles. The molecule has 80 valence electrons. The molecule has 0 fully saturated rings. The molecule has 0 N–H and O–H groups in total. The fraction of sp³-hybridized carbons (Fsp3) is 0.333. The summed E-state index contributed by atoms with van der Waals surface area (Å²) in [6.45, 7) is 7.81. The van der Waals surface area contributed by atoms with Crippen molar-refractivity contribution >= 4 is 0 Å². The number of aryl methyl sites for hydroxylation is 2. The van der Waals surface area contributed by atoms with Crippen LogP contribution in [0.15, 0.2) is 28.7 Å². The minimum atomic E-state index is 0.593. The molecule has 0 unspecified atom stereocenters. The van der Waals surface area contributed by atoms with Crippen LogP contribution in [0.1, 0.15) is 25.3 Å². The molecule has 3 heteroatoms. The van der Waals surface area contributed by atoms with Crippen LogP contribution in [0.3, 0.4) is 0 Å². The van der Waals surface area contributed by atoms with Gasteiger partial charge in [0.05, 0.1) is 0 Å². The van der Waals surface area contributed by atoms with E-state index < -0.39 is 0 Å². The molecule has 0 aliphatic heterocycles. The lowest BCUT2D eigenvalue weighted by Gasteiger charge is -1.97. The van der Waals surface area contributed by atoms with E-state index in [-0.39, 0.29) is 0 Å². The molecule has 1 aromatic carbocycles. The first kappa shape index (κ1) is 11.4. The molecule has 0 radical (unpaired) electrons. The lowest BCUT2D eigenvalue weighted by atomic mass is 10.1. The third-order valence-electron chi connectivity index (χ3n) is 1.90. The van der Waals surface area contributed by atoms with Gasteiger partial charge in [-0.2, -0.15) is 0 Å². The van der Waals surface area contributed by atoms with Crippen LogP contribution in [-0.4, -0.2) is 10.2 Å². The molecule has 3 nitrogen and oxygen atoms in total. The molecule has 0 atom stereocenters. The van der Waals surface area contributed by atoms with E-state index in [0.29, 0.717) is 11.8 Å². The van der Waals surface area contributed by atoms with Gasteiger partial charge in [0.15, 0.2) is 0 Å². The summed E-state index contributed by atoms with van der Waals surface area (Å²) in [6.07, 6.45) is 0. The highest BCUT2D eigenvalue weighted by Gasteiger charge is 2.06. The van der Waals surface area contributed by atoms with Gasteiger partial charge in [0.2, 0.25) is 11.8 Å². The van der Waals surface area contributed by atoms with Crippen molar-refractivity contribution in [3.63, 3.8) is 0 Å². The monoisotopic (exact) mass is 204 g/mol. The molecule has 15 heavy (non-hydrogen) atoms. The number of hydrogen-bond acceptors (Lipinski definition) is 3. The highest BCUT2D eigenvalue weighted by molar-refractivity contribution is 5.57. The summed E-state index contributed by atoms with van der Waals surface area (Å²) in [5.41, 5.74) is 2.15. The van der Waals surface area contributed by atoms with Crippen molar-refractivity contribution in [1.82, 2.24) is 10.2 Å². The molecule has 0 bridgehead atoms. The normalized spacial score (nSPS) is 9.33. The van der Waals surface area contributed by atoms with Crippen LogP contribution in [0.2, 0.25) is 0 Å². The second kappa shape index (κ2) is 5.29. The first-order valence-corrected chi connectivity index (χ1v) is 5.13. The minimum absolute atomic E-state index is 0.593. The summed E-state index contributed by atoms with van der Waals surface area (Å²) in [7, 11) is 0. The second-order valence-corrected chi connectivity index (χ2v) is 2.94. The van der Waals surface area contributed by atoms with Crippen LogP contribution in [-0.2, 0) is 0 Å². The quantitative estimate of drug-likeness (QED) is 0.714. The molecular weight excluding hydrogens is 188 g/mol. The third-order valence-corrected chi connectivity index (χ3v) is 1.90. The maximum atomic E-state index is 5.33. The predicted molar refractivity (Wildman–Crippen MR) is 60.6 cm³/mol. The van der Waals surface area contributed by atoms with Crippen molar-refractivity contribution < 1.29 is 4.42 Å². The Morgan fingerprint density at radius 3 is 2.20 bits per heavy atom. The van der Waals surface area contributed by atoms with E-state index in [1.165, 1.54) is 0 Å². The van der Waals surface area contributed by atoms with Gasteiger partial charge >= 0.3 is 0 Å². The van der Waals surface area contributed by atoms with Crippen LogP contribution in [0.25, 0.3) is 11.5 Å². The first-order valence-electron chi connectivity index (χ1n) is 5.13. The van der Waals surface area contributed by atoms with Gasteiger partial charge in [0.1, 0.15) is 0 Å². The summed E-state index contributed by atoms with van der Waals surface area (Å²) in [6, 6.07) is 7.95. The van der Waals surface area contributed by atoms with Gasteiger partial charge in [-0.1, -0.05) is 32.0 Å². The molecule has 2 aromatic rings. The molecule has 0 amide bonds. The maximum Gasteiger partial charge on any atom is 0.247 e. The molecule has 0 saturated carbocycles. The summed E-state index contributed by atoms with van der Waals surface area (Å²) in [5, 5.41) is 7.75. The highest BCUT2D eigenvalue weighted by atomic mass is 16.4. The van der Waals surface area contributed by atoms with E-state index >= 15 is 0 Å². The molecule has 2 rings (SSSR count). The summed E-state index contributed by atoms with van der Waals surface area (Å²) in [5.74, 6) is 1.19. The van der Waals surface area contributed by atoms with Crippen LogP contribution >= 0.6 is 0 Å². The fourth-order valence-corrected chi connectivity index (χ4v) is 1.22. The molecule has 0 saturated heterocycles. The average molecular weight is 204 g/mol. The Morgan fingerprint density at radius 1 is 1.00 bits per heavy atom. The predicted octanol–water partition coefficient (Wildman–Crippen LogP) is 3.38. The second-order valence-electron chi connectivity index (χ2n) is 2.94. The van der Waals surface area contributed by atoms with Gasteiger partial charge in [-0.25, -0.2) is 0 Å². The van der Waals surface area contributed by atoms with E-state index in [9.17, 15) is 0 Å². The Bertz CT molecular complexity index is 421. The van der Waals surface area contributed by atoms with Crippen molar-refractivity contribution in [3.8, 4) is 11.5 Å². The Labute approximate surface area is 90.2 Å². The SMILES string of the molecule is CC.Cc1nnc(-c2ccccc2C)o1. The lowest BCUT2D eigenvalue weighted by molar-refractivity contribution is 0.532. The standard InChI is InChI=1S/C10H10N2O.C2H6/c1-7-5-3-4-6-9(7)10-12-11-8(2)13-10;1-2/h3-6H,1-2H3;1-2H3. The van der Waals surface area contributed by atoms with E-state index in [1.54, 1.807) is 6.92 Å². The molecule has 0 spiro atoms. The Hall–Kier alpha value is -1.64. The van der Waals surface area contributed by atoms with Crippen molar-refractivity contribution in [2.24, 2.45) is 0 Å². The van der Waals surface area contributed by atoms with Crippen LogP contribution in [0.5, 0.6) is 0 Å². The van der Waals surface area contributed by atoms with Gasteiger partial charge in [0, 0.05) is 12.5 Å². The van der Waals surface area contributed by atoms with Gasteiger partial charge < -0.3 is 4.42 Å². The molecule has 0 aliphatic rings. The summed E-state index contributed by atoms with van der Waals surface area (Å²) < 4.78 is 5.33. The Kier molecular flexibility index (Phi) is 4.03. The number of rotatable bonds is 1. The van der Waals surface area contributed by atoms with Crippen molar-refractivity contribution in [2.45, 2.75) is 27.7 Å². The number of benzene rings is 1. The number of hydrogen-bond donors (Lipinski definition) is 0. The fourth-order valence-electron chi connectivity index (χ4n) is 1.22. The largest absolute Gasteiger partial charge is 0.421 e. The zero-order valence-corrected chi connectivity index (χ0v) is 9.61. The van der Waals surface area contributed by atoms with Crippen LogP contribution < -0.4 is 0 Å². The number of aromatic nitrogens is 2. The number of nitrogens with zero attached hydrogens (tertiary/aromatic N) is 2. The van der Waals surface area contributed by atoms with E-state index in [2.05, 4.69) is 10.2 Å². The zero-order chi connectivity index (χ0) is 11.3. The van der Waals surface area contributed by atoms with Gasteiger partial charge in [-0.15, -0.1) is 10.2 Å². The van der Waals surface area contributed by atoms with Gasteiger partial charge in [0.25, 0.3) is 0 Å².